The van der Waals surface area contributed by atoms with Crippen LogP contribution in [0.1, 0.15) is 38.2 Å². The van der Waals surface area contributed by atoms with Gasteiger partial charge in [-0.25, -0.2) is 0 Å². The zero-order valence-electron chi connectivity index (χ0n) is 11.3. The van der Waals surface area contributed by atoms with E-state index in [-0.39, 0.29) is 5.92 Å². The third-order valence-electron chi connectivity index (χ3n) is 2.75. The number of ether oxygens (including phenoxy) is 2. The molecule has 1 unspecified atom stereocenters. The molecule has 98 valence electrons. The molecule has 1 aromatic rings. The first-order chi connectivity index (χ1) is 8.63. The molecule has 0 aliphatic rings. The second-order valence-electron chi connectivity index (χ2n) is 4.04. The molecule has 18 heavy (non-hydrogen) atoms. The summed E-state index contributed by atoms with van der Waals surface area (Å²) in [6.07, 6.45) is 1.68. The highest BCUT2D eigenvalue weighted by Gasteiger charge is 2.14. The standard InChI is InChI=1S/C15H19ClO2/c1-5-6-7-8-11(2)12-9-13(16)15(18-4)10-14(12)17-3/h9-11H,5,8H2,1-4H3. The highest BCUT2D eigenvalue weighted by atomic mass is 35.5. The third-order valence-corrected chi connectivity index (χ3v) is 3.04. The minimum Gasteiger partial charge on any atom is -0.496 e. The molecule has 3 heteroatoms. The summed E-state index contributed by atoms with van der Waals surface area (Å²) in [7, 11) is 3.24. The zero-order valence-corrected chi connectivity index (χ0v) is 12.1. The summed E-state index contributed by atoms with van der Waals surface area (Å²) in [5, 5.41) is 0.601. The zero-order chi connectivity index (χ0) is 13.5. The summed E-state index contributed by atoms with van der Waals surface area (Å²) >= 11 is 6.15. The number of hydrogen-bond acceptors (Lipinski definition) is 2. The molecule has 0 saturated carbocycles. The Hall–Kier alpha value is -1.33. The van der Waals surface area contributed by atoms with Crippen LogP contribution in [-0.2, 0) is 0 Å². The van der Waals surface area contributed by atoms with E-state index in [0.717, 1.165) is 24.2 Å². The normalized spacial score (nSPS) is 11.4. The first kappa shape index (κ1) is 14.7. The number of methoxy groups -OCH3 is 2. The van der Waals surface area contributed by atoms with Gasteiger partial charge in [0.2, 0.25) is 0 Å². The van der Waals surface area contributed by atoms with Gasteiger partial charge in [0.05, 0.1) is 19.2 Å². The Kier molecular flexibility index (Phi) is 5.88. The van der Waals surface area contributed by atoms with Crippen molar-refractivity contribution in [3.05, 3.63) is 22.7 Å². The van der Waals surface area contributed by atoms with E-state index in [1.165, 1.54) is 0 Å². The predicted molar refractivity (Wildman–Crippen MR) is 75.7 cm³/mol. The lowest BCUT2D eigenvalue weighted by molar-refractivity contribution is 0.389. The van der Waals surface area contributed by atoms with Gasteiger partial charge in [0.15, 0.2) is 0 Å². The maximum Gasteiger partial charge on any atom is 0.141 e. The fraction of sp³-hybridized carbons (Fsp3) is 0.467. The Morgan fingerprint density at radius 3 is 2.39 bits per heavy atom. The van der Waals surface area contributed by atoms with Crippen molar-refractivity contribution in [2.75, 3.05) is 14.2 Å². The maximum atomic E-state index is 6.15. The van der Waals surface area contributed by atoms with Crippen molar-refractivity contribution < 1.29 is 9.47 Å². The van der Waals surface area contributed by atoms with Gasteiger partial charge in [-0.2, -0.15) is 0 Å². The van der Waals surface area contributed by atoms with Gasteiger partial charge in [0.1, 0.15) is 11.5 Å². The van der Waals surface area contributed by atoms with Crippen LogP contribution in [-0.4, -0.2) is 14.2 Å². The van der Waals surface area contributed by atoms with Gasteiger partial charge in [-0.3, -0.25) is 0 Å². The third kappa shape index (κ3) is 3.58. The van der Waals surface area contributed by atoms with E-state index in [2.05, 4.69) is 18.8 Å². The number of hydrogen-bond donors (Lipinski definition) is 0. The van der Waals surface area contributed by atoms with Gasteiger partial charge in [-0.1, -0.05) is 25.4 Å². The van der Waals surface area contributed by atoms with E-state index >= 15 is 0 Å². The first-order valence-corrected chi connectivity index (χ1v) is 6.38. The summed E-state index contributed by atoms with van der Waals surface area (Å²) in [5.41, 5.74) is 1.06. The van der Waals surface area contributed by atoms with Crippen molar-refractivity contribution >= 4 is 11.6 Å². The molecule has 1 rings (SSSR count). The van der Waals surface area contributed by atoms with E-state index in [0.29, 0.717) is 10.8 Å². The van der Waals surface area contributed by atoms with Crippen LogP contribution >= 0.6 is 11.6 Å². The van der Waals surface area contributed by atoms with Gasteiger partial charge < -0.3 is 9.47 Å². The summed E-state index contributed by atoms with van der Waals surface area (Å²) < 4.78 is 10.6. The van der Waals surface area contributed by atoms with Crippen LogP contribution in [0.2, 0.25) is 5.02 Å². The van der Waals surface area contributed by atoms with Crippen LogP contribution in [0.15, 0.2) is 12.1 Å². The molecule has 0 aliphatic carbocycles. The van der Waals surface area contributed by atoms with Gasteiger partial charge in [-0.05, 0) is 17.5 Å². The van der Waals surface area contributed by atoms with Crippen LogP contribution in [0.5, 0.6) is 11.5 Å². The van der Waals surface area contributed by atoms with Crippen LogP contribution in [0.3, 0.4) is 0 Å². The molecule has 0 fully saturated rings. The molecule has 2 nitrogen and oxygen atoms in total. The second kappa shape index (κ2) is 7.18. The fourth-order valence-electron chi connectivity index (χ4n) is 1.73. The molecule has 1 aromatic carbocycles. The van der Waals surface area contributed by atoms with E-state index < -0.39 is 0 Å². The maximum absolute atomic E-state index is 6.15. The molecule has 0 bridgehead atoms. The average molecular weight is 267 g/mol. The summed E-state index contributed by atoms with van der Waals surface area (Å²) in [4.78, 5) is 0. The molecule has 0 amide bonds. The average Bonchev–Trinajstić information content (AvgIpc) is 2.38. The Balaban J connectivity index is 3.03. The molecule has 0 aliphatic heterocycles. The van der Waals surface area contributed by atoms with Crippen LogP contribution in [0, 0.1) is 11.8 Å². The number of rotatable bonds is 4. The molecule has 0 radical (unpaired) electrons. The first-order valence-electron chi connectivity index (χ1n) is 6.01. The van der Waals surface area contributed by atoms with Crippen molar-refractivity contribution in [1.29, 1.82) is 0 Å². The monoisotopic (exact) mass is 266 g/mol. The van der Waals surface area contributed by atoms with Crippen LogP contribution in [0.4, 0.5) is 0 Å². The van der Waals surface area contributed by atoms with E-state index in [9.17, 15) is 0 Å². The van der Waals surface area contributed by atoms with E-state index in [1.54, 1.807) is 14.2 Å². The quantitative estimate of drug-likeness (QED) is 0.758. The molecule has 0 spiro atoms. The minimum absolute atomic E-state index is 0.280. The van der Waals surface area contributed by atoms with E-state index in [1.807, 2.05) is 19.1 Å². The SMILES string of the molecule is CCC#CCC(C)c1cc(Cl)c(OC)cc1OC. The smallest absolute Gasteiger partial charge is 0.141 e. The number of halogens is 1. The molecule has 0 saturated heterocycles. The highest BCUT2D eigenvalue weighted by molar-refractivity contribution is 6.32. The van der Waals surface area contributed by atoms with Crippen LogP contribution < -0.4 is 9.47 Å². The van der Waals surface area contributed by atoms with Gasteiger partial charge in [0.25, 0.3) is 0 Å². The Morgan fingerprint density at radius 2 is 1.83 bits per heavy atom. The topological polar surface area (TPSA) is 18.5 Å². The molecule has 0 heterocycles. The molecular weight excluding hydrogens is 248 g/mol. The van der Waals surface area contributed by atoms with Crippen LogP contribution in [0.25, 0.3) is 0 Å². The van der Waals surface area contributed by atoms with Crippen molar-refractivity contribution in [1.82, 2.24) is 0 Å². The lowest BCUT2D eigenvalue weighted by atomic mass is 9.97. The summed E-state index contributed by atoms with van der Waals surface area (Å²) in [6, 6.07) is 3.72. The minimum atomic E-state index is 0.280. The van der Waals surface area contributed by atoms with E-state index in [4.69, 9.17) is 21.1 Å². The molecule has 0 N–H and O–H groups in total. The van der Waals surface area contributed by atoms with Crippen molar-refractivity contribution in [3.63, 3.8) is 0 Å². The second-order valence-corrected chi connectivity index (χ2v) is 4.45. The fourth-order valence-corrected chi connectivity index (χ4v) is 1.98. The Labute approximate surface area is 114 Å². The summed E-state index contributed by atoms with van der Waals surface area (Å²) in [6.45, 7) is 4.16. The lowest BCUT2D eigenvalue weighted by Crippen LogP contribution is -1.98. The Morgan fingerprint density at radius 1 is 1.17 bits per heavy atom. The Bertz CT molecular complexity index is 458. The number of benzene rings is 1. The van der Waals surface area contributed by atoms with Crippen molar-refractivity contribution in [2.45, 2.75) is 32.6 Å². The van der Waals surface area contributed by atoms with Gasteiger partial charge in [0, 0.05) is 18.9 Å². The molecular formula is C15H19ClO2. The molecule has 1 atom stereocenters. The van der Waals surface area contributed by atoms with Gasteiger partial charge >= 0.3 is 0 Å². The summed E-state index contributed by atoms with van der Waals surface area (Å²) in [5.74, 6) is 7.93. The lowest BCUT2D eigenvalue weighted by Gasteiger charge is -2.15. The predicted octanol–water partition coefficient (Wildman–Crippen LogP) is 4.26. The highest BCUT2D eigenvalue weighted by Crippen LogP contribution is 2.37. The van der Waals surface area contributed by atoms with Crippen molar-refractivity contribution in [2.24, 2.45) is 0 Å². The van der Waals surface area contributed by atoms with Gasteiger partial charge in [-0.15, -0.1) is 11.8 Å². The largest absolute Gasteiger partial charge is 0.496 e. The molecule has 0 aromatic heterocycles. The van der Waals surface area contributed by atoms with Crippen molar-refractivity contribution in [3.8, 4) is 23.3 Å².